The van der Waals surface area contributed by atoms with Gasteiger partial charge < -0.3 is 5.32 Å². The van der Waals surface area contributed by atoms with Crippen LogP contribution in [-0.2, 0) is 98.1 Å². The zero-order valence-corrected chi connectivity index (χ0v) is 19.3. The fourth-order valence-electron chi connectivity index (χ4n) is 0.758. The van der Waals surface area contributed by atoms with Gasteiger partial charge in [0.25, 0.3) is 0 Å². The topological polar surface area (TPSA) is 24.4 Å². The second-order valence-corrected chi connectivity index (χ2v) is 2.71. The smallest absolute Gasteiger partial charge is 0.0277 e. The summed E-state index contributed by atoms with van der Waals surface area (Å²) in [5.41, 5.74) is 1.20. The first-order valence-corrected chi connectivity index (χ1v) is 4.57. The van der Waals surface area contributed by atoms with Crippen molar-refractivity contribution < 1.29 is 98.1 Å². The van der Waals surface area contributed by atoms with Crippen LogP contribution in [-0.4, -0.2) is 20.3 Å². The van der Waals surface area contributed by atoms with Gasteiger partial charge in [0, 0.05) is 118 Å². The molecule has 0 aromatic heterocycles. The number of rotatable bonds is 5. The minimum atomic E-state index is 0. The molecule has 0 aliphatic carbocycles. The van der Waals surface area contributed by atoms with E-state index in [4.69, 9.17) is 0 Å². The van der Waals surface area contributed by atoms with Gasteiger partial charge >= 0.3 is 0 Å². The van der Waals surface area contributed by atoms with E-state index in [9.17, 15) is 0 Å². The second-order valence-electron chi connectivity index (χ2n) is 2.71. The summed E-state index contributed by atoms with van der Waals surface area (Å²) in [6, 6.07) is 0. The molecule has 0 atom stereocenters. The van der Waals surface area contributed by atoms with Gasteiger partial charge in [-0.15, -0.1) is 0 Å². The van der Waals surface area contributed by atoms with E-state index in [1.807, 2.05) is 49.7 Å². The molecule has 0 aromatic carbocycles. The predicted octanol–water partition coefficient (Wildman–Crippen LogP) is 5.02. The van der Waals surface area contributed by atoms with Crippen molar-refractivity contribution in [3.8, 4) is 0 Å². The average Bonchev–Trinajstić information content (AvgIpc) is 2.19. The second kappa shape index (κ2) is 43.0. The molecule has 2 nitrogen and oxygen atoms in total. The predicted molar refractivity (Wildman–Crippen MR) is 91.6 cm³/mol. The zero-order valence-electron chi connectivity index (χ0n) is 10.8. The molecule has 0 aromatic rings. The molecule has 0 aliphatic rings. The Labute approximate surface area is 210 Å². The van der Waals surface area contributed by atoms with Crippen molar-refractivity contribution in [1.82, 2.24) is 5.32 Å². The van der Waals surface area contributed by atoms with Gasteiger partial charge in [0.2, 0.25) is 0 Å². The van der Waals surface area contributed by atoms with Crippen LogP contribution in [0.3, 0.4) is 0 Å². The molecular formula is C16H34N2Y3. The molecule has 0 amide bonds. The van der Waals surface area contributed by atoms with E-state index in [1.165, 1.54) is 5.57 Å². The zero-order chi connectivity index (χ0) is 10.6. The Hall–Kier alpha value is 1.74. The maximum atomic E-state index is 3.84. The standard InChI is InChI=1S/C12H18N2.4CH4.3Y/c1-12(8-4-6-10-13-2)9-5-7-11-14-3;;;;;;;/h4-11,13H,1-3H3;4*1H4;;;. The number of nitrogens with zero attached hydrogens (tertiary/aromatic N) is 1. The van der Waals surface area contributed by atoms with Crippen molar-refractivity contribution in [2.24, 2.45) is 4.99 Å². The molecule has 0 fully saturated rings. The van der Waals surface area contributed by atoms with Crippen molar-refractivity contribution in [3.63, 3.8) is 0 Å². The van der Waals surface area contributed by atoms with Crippen molar-refractivity contribution >= 4 is 6.21 Å². The number of hydrogen-bond acceptors (Lipinski definition) is 2. The van der Waals surface area contributed by atoms with E-state index in [1.54, 1.807) is 13.3 Å². The van der Waals surface area contributed by atoms with Crippen molar-refractivity contribution in [2.75, 3.05) is 14.1 Å². The van der Waals surface area contributed by atoms with Gasteiger partial charge in [-0.3, -0.25) is 4.99 Å². The van der Waals surface area contributed by atoms with Crippen LogP contribution >= 0.6 is 0 Å². The molecule has 0 spiro atoms. The third-order valence-corrected chi connectivity index (χ3v) is 1.44. The largest absolute Gasteiger partial charge is 0.394 e. The van der Waals surface area contributed by atoms with Gasteiger partial charge in [-0.05, 0) is 25.3 Å². The third-order valence-electron chi connectivity index (χ3n) is 1.44. The fourth-order valence-corrected chi connectivity index (χ4v) is 0.758. The van der Waals surface area contributed by atoms with Crippen LogP contribution in [0.15, 0.2) is 53.2 Å². The van der Waals surface area contributed by atoms with Crippen LogP contribution in [0.1, 0.15) is 36.6 Å². The molecular weight excluding hydrogens is 487 g/mol. The van der Waals surface area contributed by atoms with Crippen molar-refractivity contribution in [1.29, 1.82) is 0 Å². The summed E-state index contributed by atoms with van der Waals surface area (Å²) in [4.78, 5) is 3.84. The molecule has 0 unspecified atom stereocenters. The number of aliphatic imine (C=N–C) groups is 1. The van der Waals surface area contributed by atoms with E-state index >= 15 is 0 Å². The molecule has 117 valence electrons. The Bertz CT molecular complexity index is 281. The van der Waals surface area contributed by atoms with E-state index in [0.717, 1.165) is 0 Å². The van der Waals surface area contributed by atoms with Gasteiger partial charge in [-0.2, -0.15) is 0 Å². The first kappa shape index (κ1) is 49.5. The van der Waals surface area contributed by atoms with Gasteiger partial charge in [0.1, 0.15) is 0 Å². The Morgan fingerprint density at radius 3 is 1.81 bits per heavy atom. The van der Waals surface area contributed by atoms with E-state index in [2.05, 4.69) is 17.2 Å². The molecule has 21 heavy (non-hydrogen) atoms. The van der Waals surface area contributed by atoms with Gasteiger partial charge in [-0.25, -0.2) is 0 Å². The first-order chi connectivity index (χ1) is 6.81. The minimum absolute atomic E-state index is 0. The molecule has 0 saturated carbocycles. The summed E-state index contributed by atoms with van der Waals surface area (Å²) in [6.07, 6.45) is 15.5. The fraction of sp³-hybridized carbons (Fsp3) is 0.438. The van der Waals surface area contributed by atoms with Gasteiger partial charge in [0.05, 0.1) is 0 Å². The number of hydrogen-bond donors (Lipinski definition) is 1. The number of allylic oxidation sites excluding steroid dienone is 7. The van der Waals surface area contributed by atoms with Crippen molar-refractivity contribution in [3.05, 3.63) is 48.2 Å². The van der Waals surface area contributed by atoms with Crippen LogP contribution in [0.25, 0.3) is 0 Å². The Morgan fingerprint density at radius 2 is 1.38 bits per heavy atom. The average molecular weight is 521 g/mol. The third kappa shape index (κ3) is 44.9. The normalized spacial score (nSPS) is 9.38. The van der Waals surface area contributed by atoms with E-state index < -0.39 is 0 Å². The summed E-state index contributed by atoms with van der Waals surface area (Å²) in [7, 11) is 3.63. The Morgan fingerprint density at radius 1 is 0.857 bits per heavy atom. The molecule has 0 bridgehead atoms. The monoisotopic (exact) mass is 521 g/mol. The summed E-state index contributed by atoms with van der Waals surface area (Å²) >= 11 is 0. The molecule has 5 heteroatoms. The Balaban J connectivity index is -0.0000000402. The Kier molecular flexibility index (Phi) is 101. The van der Waals surface area contributed by atoms with E-state index in [0.29, 0.717) is 0 Å². The SMILES string of the molecule is C.C.C.C.CN=CC=CC=C(C)C=CC=CNC.[Y].[Y].[Y]. The van der Waals surface area contributed by atoms with Crippen LogP contribution in [0.5, 0.6) is 0 Å². The molecule has 0 heterocycles. The molecule has 0 aliphatic heterocycles. The summed E-state index contributed by atoms with van der Waals surface area (Å²) in [5.74, 6) is 0. The van der Waals surface area contributed by atoms with Crippen LogP contribution in [0, 0.1) is 0 Å². The van der Waals surface area contributed by atoms with Gasteiger partial charge in [-0.1, -0.05) is 59.6 Å². The molecule has 0 saturated heterocycles. The minimum Gasteiger partial charge on any atom is -0.394 e. The van der Waals surface area contributed by atoms with E-state index in [-0.39, 0.29) is 128 Å². The quantitative estimate of drug-likeness (QED) is 0.399. The maximum absolute atomic E-state index is 3.84. The van der Waals surface area contributed by atoms with Gasteiger partial charge in [0.15, 0.2) is 0 Å². The van der Waals surface area contributed by atoms with Crippen LogP contribution in [0.4, 0.5) is 0 Å². The summed E-state index contributed by atoms with van der Waals surface area (Å²) in [5, 5.41) is 2.92. The molecule has 0 rings (SSSR count). The number of nitrogens with one attached hydrogen (secondary N) is 1. The molecule has 3 radical (unpaired) electrons. The maximum Gasteiger partial charge on any atom is 0.0277 e. The summed E-state index contributed by atoms with van der Waals surface area (Å²) < 4.78 is 0. The van der Waals surface area contributed by atoms with Crippen LogP contribution < -0.4 is 5.32 Å². The summed E-state index contributed by atoms with van der Waals surface area (Å²) in [6.45, 7) is 2.05. The van der Waals surface area contributed by atoms with Crippen LogP contribution in [0.2, 0.25) is 0 Å². The van der Waals surface area contributed by atoms with Crippen molar-refractivity contribution in [2.45, 2.75) is 36.6 Å². The molecule has 1 N–H and O–H groups in total. The first-order valence-electron chi connectivity index (χ1n) is 4.57.